The molecule has 0 bridgehead atoms. The van der Waals surface area contributed by atoms with Gasteiger partial charge in [-0.25, -0.2) is 4.79 Å². The lowest BCUT2D eigenvalue weighted by molar-refractivity contribution is -0.136. The van der Waals surface area contributed by atoms with Crippen LogP contribution in [0.25, 0.3) is 12.2 Å². The zero-order valence-electron chi connectivity index (χ0n) is 15.9. The third-order valence-corrected chi connectivity index (χ3v) is 5.88. The standard InChI is InChI=1S/C20H21BrN2O5S/c1-2-28-19(25)12-18-23(13-17(24)22-7-9-27-10-8-22)20(26)16(29-18)11-14-3-5-15(21)6-4-14/h3-6,11-12H,2,7-10,13H2,1H3/b16-11+,18-12-. The van der Waals surface area contributed by atoms with Crippen molar-refractivity contribution >= 4 is 51.3 Å². The molecule has 1 saturated heterocycles. The molecule has 3 rings (SSSR count). The third kappa shape index (κ3) is 5.65. The summed E-state index contributed by atoms with van der Waals surface area (Å²) in [4.78, 5) is 39.3. The predicted octanol–water partition coefficient (Wildman–Crippen LogP) is 0.704. The lowest BCUT2D eigenvalue weighted by atomic mass is 10.2. The highest BCUT2D eigenvalue weighted by Gasteiger charge is 2.19. The largest absolute Gasteiger partial charge is 0.463 e. The van der Waals surface area contributed by atoms with Gasteiger partial charge in [0.2, 0.25) is 5.91 Å². The van der Waals surface area contributed by atoms with Gasteiger partial charge < -0.3 is 14.4 Å². The van der Waals surface area contributed by atoms with Crippen LogP contribution in [0.4, 0.5) is 0 Å². The number of carbonyl (C=O) groups is 2. The minimum atomic E-state index is -0.545. The van der Waals surface area contributed by atoms with Crippen LogP contribution >= 0.6 is 27.3 Å². The van der Waals surface area contributed by atoms with E-state index in [1.165, 1.54) is 10.6 Å². The molecule has 1 aromatic heterocycles. The van der Waals surface area contributed by atoms with Crippen LogP contribution in [0.2, 0.25) is 0 Å². The molecule has 0 radical (unpaired) electrons. The summed E-state index contributed by atoms with van der Waals surface area (Å²) in [7, 11) is 0. The van der Waals surface area contributed by atoms with E-state index in [1.807, 2.05) is 24.3 Å². The molecule has 0 aliphatic carbocycles. The Hall–Kier alpha value is -2.23. The maximum absolute atomic E-state index is 13.0. The Bertz CT molecular complexity index is 1050. The van der Waals surface area contributed by atoms with E-state index < -0.39 is 5.97 Å². The van der Waals surface area contributed by atoms with Gasteiger partial charge in [-0.1, -0.05) is 28.1 Å². The first kappa shape index (κ1) is 21.5. The molecule has 1 aliphatic rings. The number of aromatic nitrogens is 1. The third-order valence-electron chi connectivity index (χ3n) is 4.29. The molecule has 7 nitrogen and oxygen atoms in total. The predicted molar refractivity (Wildman–Crippen MR) is 114 cm³/mol. The van der Waals surface area contributed by atoms with Gasteiger partial charge >= 0.3 is 5.97 Å². The number of rotatable bonds is 5. The fourth-order valence-corrected chi connectivity index (χ4v) is 4.13. The van der Waals surface area contributed by atoms with Crippen molar-refractivity contribution in [2.24, 2.45) is 0 Å². The van der Waals surface area contributed by atoms with Gasteiger partial charge in [-0.15, -0.1) is 11.3 Å². The molecule has 1 amide bonds. The molecule has 1 aliphatic heterocycles. The Labute approximate surface area is 180 Å². The maximum atomic E-state index is 13.0. The quantitative estimate of drug-likeness (QED) is 0.588. The van der Waals surface area contributed by atoms with Crippen molar-refractivity contribution in [2.45, 2.75) is 13.5 Å². The summed E-state index contributed by atoms with van der Waals surface area (Å²) >= 11 is 4.54. The van der Waals surface area contributed by atoms with Gasteiger partial charge in [0.15, 0.2) is 0 Å². The number of carbonyl (C=O) groups excluding carboxylic acids is 2. The Morgan fingerprint density at radius 3 is 2.59 bits per heavy atom. The fraction of sp³-hybridized carbons (Fsp3) is 0.350. The molecule has 1 fully saturated rings. The summed E-state index contributed by atoms with van der Waals surface area (Å²) in [5.74, 6) is -0.724. The summed E-state index contributed by atoms with van der Waals surface area (Å²) in [5.41, 5.74) is 0.538. The van der Waals surface area contributed by atoms with Gasteiger partial charge in [0, 0.05) is 17.6 Å². The smallest absolute Gasteiger partial charge is 0.333 e. The summed E-state index contributed by atoms with van der Waals surface area (Å²) in [6.07, 6.45) is 3.01. The molecule has 0 unspecified atom stereocenters. The normalized spacial score (nSPS) is 15.6. The van der Waals surface area contributed by atoms with Gasteiger partial charge in [-0.3, -0.25) is 14.2 Å². The maximum Gasteiger partial charge on any atom is 0.333 e. The van der Waals surface area contributed by atoms with E-state index in [2.05, 4.69) is 15.9 Å². The topological polar surface area (TPSA) is 77.8 Å². The highest BCUT2D eigenvalue weighted by atomic mass is 79.9. The minimum absolute atomic E-state index is 0.130. The Balaban J connectivity index is 2.01. The molecule has 2 aromatic rings. The SMILES string of the molecule is CCOC(=O)/C=c1\s/c(=C/c2ccc(Br)cc2)c(=O)n1CC(=O)N1CCOCC1. The first-order chi connectivity index (χ1) is 14.0. The second kappa shape index (κ2) is 10.00. The van der Waals surface area contributed by atoms with Crippen LogP contribution in [0, 0.1) is 0 Å². The highest BCUT2D eigenvalue weighted by Crippen LogP contribution is 2.10. The Kier molecular flexibility index (Phi) is 7.40. The first-order valence-electron chi connectivity index (χ1n) is 9.19. The van der Waals surface area contributed by atoms with Gasteiger partial charge in [0.05, 0.1) is 30.4 Å². The van der Waals surface area contributed by atoms with E-state index in [1.54, 1.807) is 17.9 Å². The van der Waals surface area contributed by atoms with E-state index in [0.717, 1.165) is 21.4 Å². The van der Waals surface area contributed by atoms with Gasteiger partial charge in [0.1, 0.15) is 11.2 Å². The molecule has 154 valence electrons. The fourth-order valence-electron chi connectivity index (χ4n) is 2.84. The zero-order valence-corrected chi connectivity index (χ0v) is 18.3. The van der Waals surface area contributed by atoms with Gasteiger partial charge in [-0.2, -0.15) is 0 Å². The van der Waals surface area contributed by atoms with Gasteiger partial charge in [-0.05, 0) is 30.7 Å². The number of nitrogens with zero attached hydrogens (tertiary/aromatic N) is 2. The summed E-state index contributed by atoms with van der Waals surface area (Å²) in [6.45, 7) is 3.76. The molecule has 0 spiro atoms. The molecule has 2 heterocycles. The Morgan fingerprint density at radius 2 is 1.93 bits per heavy atom. The van der Waals surface area contributed by atoms with Crippen LogP contribution in [-0.4, -0.2) is 54.3 Å². The van der Waals surface area contributed by atoms with Crippen LogP contribution in [0.1, 0.15) is 12.5 Å². The van der Waals surface area contributed by atoms with E-state index >= 15 is 0 Å². The number of ether oxygens (including phenoxy) is 2. The van der Waals surface area contributed by atoms with Gasteiger partial charge in [0.25, 0.3) is 5.56 Å². The van der Waals surface area contributed by atoms with E-state index in [4.69, 9.17) is 9.47 Å². The van der Waals surface area contributed by atoms with Crippen molar-refractivity contribution in [3.63, 3.8) is 0 Å². The molecule has 1 aromatic carbocycles. The van der Waals surface area contributed by atoms with Crippen molar-refractivity contribution in [1.82, 2.24) is 9.47 Å². The lowest BCUT2D eigenvalue weighted by Crippen LogP contribution is -2.45. The minimum Gasteiger partial charge on any atom is -0.463 e. The average molecular weight is 481 g/mol. The molecular weight excluding hydrogens is 460 g/mol. The second-order valence-electron chi connectivity index (χ2n) is 6.28. The number of halogens is 1. The van der Waals surface area contributed by atoms with Crippen LogP contribution in [0.15, 0.2) is 33.5 Å². The summed E-state index contributed by atoms with van der Waals surface area (Å²) < 4.78 is 13.3. The first-order valence-corrected chi connectivity index (χ1v) is 10.8. The summed E-state index contributed by atoms with van der Waals surface area (Å²) in [5, 5.41) is 0. The Morgan fingerprint density at radius 1 is 1.24 bits per heavy atom. The van der Waals surface area contributed by atoms with Crippen LogP contribution in [0.5, 0.6) is 0 Å². The van der Waals surface area contributed by atoms with Crippen molar-refractivity contribution < 1.29 is 19.1 Å². The van der Waals surface area contributed by atoms with Crippen molar-refractivity contribution in [2.75, 3.05) is 32.9 Å². The van der Waals surface area contributed by atoms with E-state index in [9.17, 15) is 14.4 Å². The van der Waals surface area contributed by atoms with Crippen LogP contribution in [-0.2, 0) is 25.6 Å². The molecular formula is C20H21BrN2O5S. The number of hydrogen-bond donors (Lipinski definition) is 0. The second-order valence-corrected chi connectivity index (χ2v) is 8.26. The van der Waals surface area contributed by atoms with Crippen molar-refractivity contribution in [1.29, 1.82) is 0 Å². The van der Waals surface area contributed by atoms with Crippen molar-refractivity contribution in [3.8, 4) is 0 Å². The van der Waals surface area contributed by atoms with E-state index in [-0.39, 0.29) is 24.6 Å². The highest BCUT2D eigenvalue weighted by molar-refractivity contribution is 9.10. The molecule has 0 saturated carbocycles. The molecule has 0 N–H and O–H groups in total. The number of amides is 1. The van der Waals surface area contributed by atoms with Crippen LogP contribution < -0.4 is 14.8 Å². The number of hydrogen-bond acceptors (Lipinski definition) is 6. The average Bonchev–Trinajstić information content (AvgIpc) is 2.99. The van der Waals surface area contributed by atoms with E-state index in [0.29, 0.717) is 35.5 Å². The number of thiazole rings is 1. The zero-order chi connectivity index (χ0) is 20.8. The summed E-state index contributed by atoms with van der Waals surface area (Å²) in [6, 6.07) is 7.51. The monoisotopic (exact) mass is 480 g/mol. The van der Waals surface area contributed by atoms with Crippen molar-refractivity contribution in [3.05, 3.63) is 53.9 Å². The number of morpholine rings is 1. The molecule has 0 atom stereocenters. The number of esters is 1. The lowest BCUT2D eigenvalue weighted by Gasteiger charge is -2.26. The molecule has 9 heteroatoms. The van der Waals surface area contributed by atoms with Crippen LogP contribution in [0.3, 0.4) is 0 Å². The number of benzene rings is 1. The molecule has 29 heavy (non-hydrogen) atoms.